The van der Waals surface area contributed by atoms with Crippen molar-refractivity contribution < 1.29 is 9.59 Å². The summed E-state index contributed by atoms with van der Waals surface area (Å²) >= 11 is 7.34. The molecular formula is C20H20ClN5O2S. The van der Waals surface area contributed by atoms with Gasteiger partial charge in [-0.25, -0.2) is 0 Å². The summed E-state index contributed by atoms with van der Waals surface area (Å²) in [4.78, 5) is 25.7. The lowest BCUT2D eigenvalue weighted by atomic mass is 10.2. The molecule has 0 aliphatic heterocycles. The monoisotopic (exact) mass is 429 g/mol. The second-order valence-corrected chi connectivity index (χ2v) is 7.65. The van der Waals surface area contributed by atoms with E-state index in [2.05, 4.69) is 10.2 Å². The lowest BCUT2D eigenvalue weighted by Crippen LogP contribution is -2.34. The number of amides is 2. The molecule has 1 aromatic heterocycles. The summed E-state index contributed by atoms with van der Waals surface area (Å²) < 4.78 is 1.77. The second-order valence-electron chi connectivity index (χ2n) is 6.27. The fraction of sp³-hybridized carbons (Fsp3) is 0.200. The van der Waals surface area contributed by atoms with Crippen LogP contribution in [0.1, 0.15) is 12.0 Å². The highest BCUT2D eigenvalue weighted by atomic mass is 35.5. The molecule has 0 aliphatic rings. The fourth-order valence-corrected chi connectivity index (χ4v) is 3.70. The molecule has 0 bridgehead atoms. The van der Waals surface area contributed by atoms with E-state index in [0.717, 1.165) is 11.3 Å². The quantitative estimate of drug-likeness (QED) is 0.528. The first kappa shape index (κ1) is 20.9. The Kier molecular flexibility index (Phi) is 7.26. The molecule has 29 heavy (non-hydrogen) atoms. The van der Waals surface area contributed by atoms with E-state index in [9.17, 15) is 9.59 Å². The average Bonchev–Trinajstić information content (AvgIpc) is 3.18. The largest absolute Gasteiger partial charge is 0.370 e. The van der Waals surface area contributed by atoms with Gasteiger partial charge in [0.15, 0.2) is 5.16 Å². The van der Waals surface area contributed by atoms with E-state index in [1.54, 1.807) is 27.9 Å². The standard InChI is InChI=1S/C20H20ClN5O2S/c21-16-7-4-8-17(11-16)26-14-23-24-20(26)29-13-19(28)25(10-9-18(22)27)12-15-5-2-1-3-6-15/h1-8,11,14H,9-10,12-13H2,(H2,22,27). The van der Waals surface area contributed by atoms with Crippen LogP contribution in [0.25, 0.3) is 5.69 Å². The van der Waals surface area contributed by atoms with Crippen LogP contribution < -0.4 is 5.73 Å². The van der Waals surface area contributed by atoms with Crippen LogP contribution in [0, 0.1) is 0 Å². The van der Waals surface area contributed by atoms with Crippen molar-refractivity contribution in [1.29, 1.82) is 0 Å². The molecule has 0 fully saturated rings. The van der Waals surface area contributed by atoms with Crippen molar-refractivity contribution in [3.05, 3.63) is 71.5 Å². The number of benzene rings is 2. The van der Waals surface area contributed by atoms with E-state index in [4.69, 9.17) is 17.3 Å². The van der Waals surface area contributed by atoms with Crippen molar-refractivity contribution in [2.24, 2.45) is 5.73 Å². The summed E-state index contributed by atoms with van der Waals surface area (Å²) in [6.07, 6.45) is 1.69. The third-order valence-corrected chi connectivity index (χ3v) is 5.29. The summed E-state index contributed by atoms with van der Waals surface area (Å²) in [5.41, 5.74) is 7.06. The van der Waals surface area contributed by atoms with Gasteiger partial charge in [0.1, 0.15) is 6.33 Å². The van der Waals surface area contributed by atoms with E-state index >= 15 is 0 Å². The van der Waals surface area contributed by atoms with Gasteiger partial charge in [-0.3, -0.25) is 14.2 Å². The van der Waals surface area contributed by atoms with E-state index in [0.29, 0.717) is 16.7 Å². The van der Waals surface area contributed by atoms with Crippen molar-refractivity contribution in [1.82, 2.24) is 19.7 Å². The fourth-order valence-electron chi connectivity index (χ4n) is 2.68. The number of carbonyl (C=O) groups is 2. The average molecular weight is 430 g/mol. The van der Waals surface area contributed by atoms with Crippen LogP contribution in [0.2, 0.25) is 5.02 Å². The third-order valence-electron chi connectivity index (χ3n) is 4.12. The lowest BCUT2D eigenvalue weighted by Gasteiger charge is -2.22. The number of nitrogens with two attached hydrogens (primary N) is 1. The predicted molar refractivity (Wildman–Crippen MR) is 113 cm³/mol. The highest BCUT2D eigenvalue weighted by Crippen LogP contribution is 2.22. The molecule has 3 aromatic rings. The zero-order chi connectivity index (χ0) is 20.6. The van der Waals surface area contributed by atoms with Crippen LogP contribution >= 0.6 is 23.4 Å². The Hall–Kier alpha value is -2.84. The van der Waals surface area contributed by atoms with Gasteiger partial charge in [0.25, 0.3) is 0 Å². The number of primary amides is 1. The molecule has 1 heterocycles. The zero-order valence-electron chi connectivity index (χ0n) is 15.6. The van der Waals surface area contributed by atoms with E-state index < -0.39 is 5.91 Å². The van der Waals surface area contributed by atoms with Crippen LogP contribution in [-0.2, 0) is 16.1 Å². The minimum absolute atomic E-state index is 0.110. The van der Waals surface area contributed by atoms with Crippen LogP contribution in [0.15, 0.2) is 66.1 Å². The molecule has 0 saturated heterocycles. The molecule has 2 N–H and O–H groups in total. The highest BCUT2D eigenvalue weighted by Gasteiger charge is 2.17. The molecule has 7 nitrogen and oxygen atoms in total. The number of aromatic nitrogens is 3. The molecule has 3 rings (SSSR count). The minimum Gasteiger partial charge on any atom is -0.370 e. The SMILES string of the molecule is NC(=O)CCN(Cc1ccccc1)C(=O)CSc1nncn1-c1cccc(Cl)c1. The van der Waals surface area contributed by atoms with E-state index in [1.165, 1.54) is 11.8 Å². The van der Waals surface area contributed by atoms with Crippen LogP contribution in [-0.4, -0.2) is 43.8 Å². The molecular weight excluding hydrogens is 410 g/mol. The molecule has 2 amide bonds. The smallest absolute Gasteiger partial charge is 0.233 e. The molecule has 0 radical (unpaired) electrons. The number of rotatable bonds is 9. The maximum absolute atomic E-state index is 12.8. The minimum atomic E-state index is -0.441. The topological polar surface area (TPSA) is 94.1 Å². The van der Waals surface area contributed by atoms with Crippen molar-refractivity contribution in [2.75, 3.05) is 12.3 Å². The van der Waals surface area contributed by atoms with Gasteiger partial charge in [-0.2, -0.15) is 0 Å². The van der Waals surface area contributed by atoms with Gasteiger partial charge >= 0.3 is 0 Å². The molecule has 2 aromatic carbocycles. The maximum Gasteiger partial charge on any atom is 0.233 e. The van der Waals surface area contributed by atoms with Crippen molar-refractivity contribution in [3.63, 3.8) is 0 Å². The number of hydrogen-bond donors (Lipinski definition) is 1. The van der Waals surface area contributed by atoms with Gasteiger partial charge < -0.3 is 10.6 Å². The number of thioether (sulfide) groups is 1. The first-order valence-electron chi connectivity index (χ1n) is 8.91. The van der Waals surface area contributed by atoms with Gasteiger partial charge in [0.05, 0.1) is 11.4 Å². The first-order valence-corrected chi connectivity index (χ1v) is 10.3. The van der Waals surface area contributed by atoms with Gasteiger partial charge in [-0.1, -0.05) is 59.8 Å². The van der Waals surface area contributed by atoms with Crippen LogP contribution in [0.5, 0.6) is 0 Å². The molecule has 150 valence electrons. The molecule has 0 saturated carbocycles. The Balaban J connectivity index is 1.68. The Morgan fingerprint density at radius 2 is 1.93 bits per heavy atom. The normalized spacial score (nSPS) is 10.7. The molecule has 9 heteroatoms. The Labute approximate surface area is 177 Å². The van der Waals surface area contributed by atoms with Crippen LogP contribution in [0.3, 0.4) is 0 Å². The van der Waals surface area contributed by atoms with Crippen molar-refractivity contribution in [2.45, 2.75) is 18.1 Å². The number of nitrogens with zero attached hydrogens (tertiary/aromatic N) is 4. The second kappa shape index (κ2) is 10.1. The van der Waals surface area contributed by atoms with Gasteiger partial charge in [0.2, 0.25) is 11.8 Å². The zero-order valence-corrected chi connectivity index (χ0v) is 17.1. The third kappa shape index (κ3) is 6.07. The maximum atomic E-state index is 12.8. The first-order chi connectivity index (χ1) is 14.0. The van der Waals surface area contributed by atoms with Gasteiger partial charge in [-0.05, 0) is 23.8 Å². The number of halogens is 1. The number of hydrogen-bond acceptors (Lipinski definition) is 5. The summed E-state index contributed by atoms with van der Waals surface area (Å²) in [5.74, 6) is -0.393. The van der Waals surface area contributed by atoms with Crippen LogP contribution in [0.4, 0.5) is 0 Å². The van der Waals surface area contributed by atoms with Crippen molar-refractivity contribution in [3.8, 4) is 5.69 Å². The van der Waals surface area contributed by atoms with Crippen molar-refractivity contribution >= 4 is 35.2 Å². The molecule has 0 unspecified atom stereocenters. The van der Waals surface area contributed by atoms with Gasteiger partial charge in [0, 0.05) is 24.5 Å². The molecule has 0 aliphatic carbocycles. The Morgan fingerprint density at radius 1 is 1.14 bits per heavy atom. The lowest BCUT2D eigenvalue weighted by molar-refractivity contribution is -0.129. The van der Waals surface area contributed by atoms with Gasteiger partial charge in [-0.15, -0.1) is 10.2 Å². The van der Waals surface area contributed by atoms with E-state index in [-0.39, 0.29) is 24.6 Å². The highest BCUT2D eigenvalue weighted by molar-refractivity contribution is 7.99. The van der Waals surface area contributed by atoms with E-state index in [1.807, 2.05) is 42.5 Å². The number of carbonyl (C=O) groups excluding carboxylic acids is 2. The summed E-state index contributed by atoms with van der Waals surface area (Å²) in [7, 11) is 0. The molecule has 0 spiro atoms. The molecule has 0 atom stereocenters. The summed E-state index contributed by atoms with van der Waals surface area (Å²) in [6, 6.07) is 16.9. The Morgan fingerprint density at radius 3 is 2.66 bits per heavy atom. The Bertz CT molecular complexity index is 980. The summed E-state index contributed by atoms with van der Waals surface area (Å²) in [5, 5.41) is 9.22. The summed E-state index contributed by atoms with van der Waals surface area (Å²) in [6.45, 7) is 0.680. The predicted octanol–water partition coefficient (Wildman–Crippen LogP) is 2.92.